The van der Waals surface area contributed by atoms with Crippen LogP contribution in [0.2, 0.25) is 5.15 Å². The molecule has 0 unspecified atom stereocenters. The van der Waals surface area contributed by atoms with Crippen LogP contribution in [0.4, 0.5) is 0 Å². The minimum absolute atomic E-state index is 0.305. The molecule has 0 saturated heterocycles. The van der Waals surface area contributed by atoms with Crippen LogP contribution in [0.5, 0.6) is 0 Å². The van der Waals surface area contributed by atoms with Gasteiger partial charge in [0.05, 0.1) is 12.7 Å². The zero-order valence-corrected chi connectivity index (χ0v) is 11.2. The van der Waals surface area contributed by atoms with Crippen molar-refractivity contribution in [1.29, 1.82) is 0 Å². The molecule has 0 aliphatic carbocycles. The summed E-state index contributed by atoms with van der Waals surface area (Å²) in [4.78, 5) is 23.6. The summed E-state index contributed by atoms with van der Waals surface area (Å²) >= 11 is 5.96. The third-order valence-electron chi connectivity index (χ3n) is 2.86. The lowest BCUT2D eigenvalue weighted by Crippen LogP contribution is -2.01. The molecule has 0 aliphatic rings. The van der Waals surface area contributed by atoms with E-state index in [4.69, 9.17) is 11.6 Å². The van der Waals surface area contributed by atoms with Crippen LogP contribution in [0.1, 0.15) is 10.4 Å². The molecule has 100 valence electrons. The number of methoxy groups -OCH3 is 1. The maximum atomic E-state index is 11.4. The fourth-order valence-corrected chi connectivity index (χ4v) is 2.05. The Bertz CT molecular complexity index is 783. The highest BCUT2D eigenvalue weighted by Gasteiger charge is 2.10. The van der Waals surface area contributed by atoms with Gasteiger partial charge in [0.1, 0.15) is 18.2 Å². The standard InChI is InChI=1S/C13H9ClN4O2/c1-20-13(19)8-2-4-9(5-3-8)18-7-17-10-11(14)15-6-16-12(10)18/h2-7H,1H3. The molecule has 0 atom stereocenters. The van der Waals surface area contributed by atoms with Crippen molar-refractivity contribution < 1.29 is 9.53 Å². The Morgan fingerprint density at radius 2 is 1.95 bits per heavy atom. The summed E-state index contributed by atoms with van der Waals surface area (Å²) in [5, 5.41) is 0.305. The topological polar surface area (TPSA) is 69.9 Å². The van der Waals surface area contributed by atoms with Crippen molar-refractivity contribution in [2.75, 3.05) is 7.11 Å². The number of hydrogen-bond donors (Lipinski definition) is 0. The van der Waals surface area contributed by atoms with E-state index >= 15 is 0 Å². The van der Waals surface area contributed by atoms with Gasteiger partial charge in [-0.25, -0.2) is 19.7 Å². The van der Waals surface area contributed by atoms with E-state index in [9.17, 15) is 4.79 Å². The second-order valence-corrected chi connectivity index (χ2v) is 4.35. The Balaban J connectivity index is 2.07. The summed E-state index contributed by atoms with van der Waals surface area (Å²) in [5.41, 5.74) is 2.44. The highest BCUT2D eigenvalue weighted by atomic mass is 35.5. The molecule has 3 aromatic rings. The van der Waals surface area contributed by atoms with Gasteiger partial charge in [0.25, 0.3) is 0 Å². The van der Waals surface area contributed by atoms with E-state index in [1.165, 1.54) is 13.4 Å². The summed E-state index contributed by atoms with van der Waals surface area (Å²) in [6.07, 6.45) is 2.99. The number of ether oxygens (including phenoxy) is 1. The zero-order chi connectivity index (χ0) is 14.1. The molecule has 7 heteroatoms. The quantitative estimate of drug-likeness (QED) is 0.534. The second-order valence-electron chi connectivity index (χ2n) is 3.99. The minimum Gasteiger partial charge on any atom is -0.465 e. The second kappa shape index (κ2) is 4.90. The van der Waals surface area contributed by atoms with Gasteiger partial charge in [-0.3, -0.25) is 4.57 Å². The van der Waals surface area contributed by atoms with Gasteiger partial charge in [-0.15, -0.1) is 0 Å². The smallest absolute Gasteiger partial charge is 0.337 e. The highest BCUT2D eigenvalue weighted by molar-refractivity contribution is 6.33. The number of hydrogen-bond acceptors (Lipinski definition) is 5. The molecular formula is C13H9ClN4O2. The first-order chi connectivity index (χ1) is 9.70. The lowest BCUT2D eigenvalue weighted by molar-refractivity contribution is 0.0601. The van der Waals surface area contributed by atoms with Crippen molar-refractivity contribution in [3.8, 4) is 5.69 Å². The molecule has 0 amide bonds. The number of carbonyl (C=O) groups excluding carboxylic acids is 1. The van der Waals surface area contributed by atoms with Crippen LogP contribution in [-0.2, 0) is 4.74 Å². The van der Waals surface area contributed by atoms with E-state index in [0.29, 0.717) is 21.9 Å². The summed E-state index contributed by atoms with van der Waals surface area (Å²) in [6.45, 7) is 0. The first kappa shape index (κ1) is 12.6. The summed E-state index contributed by atoms with van der Waals surface area (Å²) in [7, 11) is 1.35. The number of benzene rings is 1. The molecule has 0 N–H and O–H groups in total. The molecule has 0 saturated carbocycles. The first-order valence-corrected chi connectivity index (χ1v) is 6.11. The number of rotatable bonds is 2. The SMILES string of the molecule is COC(=O)c1ccc(-n2cnc3c(Cl)ncnc32)cc1. The highest BCUT2D eigenvalue weighted by Crippen LogP contribution is 2.20. The molecule has 0 fully saturated rings. The number of nitrogens with zero attached hydrogens (tertiary/aromatic N) is 4. The van der Waals surface area contributed by atoms with Gasteiger partial charge in [0.2, 0.25) is 0 Å². The van der Waals surface area contributed by atoms with Gasteiger partial charge in [0.15, 0.2) is 10.8 Å². The molecule has 0 aliphatic heterocycles. The predicted octanol–water partition coefficient (Wildman–Crippen LogP) is 2.26. The molecule has 20 heavy (non-hydrogen) atoms. The number of imidazole rings is 1. The number of carbonyl (C=O) groups is 1. The lowest BCUT2D eigenvalue weighted by atomic mass is 10.2. The van der Waals surface area contributed by atoms with Crippen molar-refractivity contribution in [1.82, 2.24) is 19.5 Å². The van der Waals surface area contributed by atoms with Gasteiger partial charge in [-0.1, -0.05) is 11.6 Å². The van der Waals surface area contributed by atoms with Crippen molar-refractivity contribution in [3.63, 3.8) is 0 Å². The van der Waals surface area contributed by atoms with E-state index in [0.717, 1.165) is 5.69 Å². The summed E-state index contributed by atoms with van der Waals surface area (Å²) in [5.74, 6) is -0.377. The maximum absolute atomic E-state index is 11.4. The van der Waals surface area contributed by atoms with E-state index in [1.807, 2.05) is 0 Å². The molecule has 1 aromatic carbocycles. The van der Waals surface area contributed by atoms with Gasteiger partial charge in [-0.05, 0) is 24.3 Å². The Labute approximate surface area is 119 Å². The molecule has 6 nitrogen and oxygen atoms in total. The molecule has 0 bridgehead atoms. The van der Waals surface area contributed by atoms with Gasteiger partial charge >= 0.3 is 5.97 Å². The molecule has 0 spiro atoms. The molecule has 2 aromatic heterocycles. The number of esters is 1. The lowest BCUT2D eigenvalue weighted by Gasteiger charge is -2.04. The van der Waals surface area contributed by atoms with Crippen LogP contribution < -0.4 is 0 Å². The number of fused-ring (bicyclic) bond motifs is 1. The molecule has 0 radical (unpaired) electrons. The average Bonchev–Trinajstić information content (AvgIpc) is 2.92. The normalized spacial score (nSPS) is 10.7. The Kier molecular flexibility index (Phi) is 3.08. The van der Waals surface area contributed by atoms with E-state index < -0.39 is 0 Å². The van der Waals surface area contributed by atoms with Crippen LogP contribution >= 0.6 is 11.6 Å². The molecular weight excluding hydrogens is 280 g/mol. The first-order valence-electron chi connectivity index (χ1n) is 5.73. The average molecular weight is 289 g/mol. The van der Waals surface area contributed by atoms with Gasteiger partial charge < -0.3 is 4.74 Å². The third kappa shape index (κ3) is 2.00. The van der Waals surface area contributed by atoms with Crippen molar-refractivity contribution in [3.05, 3.63) is 47.6 Å². The minimum atomic E-state index is -0.377. The van der Waals surface area contributed by atoms with Crippen LogP contribution in [-0.4, -0.2) is 32.6 Å². The Morgan fingerprint density at radius 3 is 2.65 bits per heavy atom. The molecule has 3 rings (SSSR count). The fourth-order valence-electron chi connectivity index (χ4n) is 1.87. The van der Waals surface area contributed by atoms with Crippen LogP contribution in [0.15, 0.2) is 36.9 Å². The maximum Gasteiger partial charge on any atom is 0.337 e. The summed E-state index contributed by atoms with van der Waals surface area (Å²) in [6, 6.07) is 6.92. The largest absolute Gasteiger partial charge is 0.465 e. The van der Waals surface area contributed by atoms with Gasteiger partial charge in [-0.2, -0.15) is 0 Å². The predicted molar refractivity (Wildman–Crippen MR) is 73.0 cm³/mol. The van der Waals surface area contributed by atoms with Crippen molar-refractivity contribution in [2.45, 2.75) is 0 Å². The Morgan fingerprint density at radius 1 is 1.20 bits per heavy atom. The van der Waals surface area contributed by atoms with Crippen molar-refractivity contribution in [2.24, 2.45) is 0 Å². The number of halogens is 1. The van der Waals surface area contributed by atoms with Crippen molar-refractivity contribution >= 4 is 28.7 Å². The third-order valence-corrected chi connectivity index (χ3v) is 3.13. The van der Waals surface area contributed by atoms with E-state index in [2.05, 4.69) is 19.7 Å². The number of aromatic nitrogens is 4. The van der Waals surface area contributed by atoms with Crippen LogP contribution in [0.25, 0.3) is 16.9 Å². The monoisotopic (exact) mass is 288 g/mol. The zero-order valence-electron chi connectivity index (χ0n) is 10.4. The summed E-state index contributed by atoms with van der Waals surface area (Å²) < 4.78 is 6.42. The van der Waals surface area contributed by atoms with E-state index in [-0.39, 0.29) is 5.97 Å². The molecule has 2 heterocycles. The fraction of sp³-hybridized carbons (Fsp3) is 0.0769. The van der Waals surface area contributed by atoms with E-state index in [1.54, 1.807) is 35.2 Å². The van der Waals surface area contributed by atoms with Crippen LogP contribution in [0, 0.1) is 0 Å². The van der Waals surface area contributed by atoms with Crippen LogP contribution in [0.3, 0.4) is 0 Å². The Hall–Kier alpha value is -2.47. The van der Waals surface area contributed by atoms with Gasteiger partial charge in [0, 0.05) is 5.69 Å².